The smallest absolute Gasteiger partial charge is 0.257 e. The Morgan fingerprint density at radius 2 is 2.08 bits per heavy atom. The zero-order valence-corrected chi connectivity index (χ0v) is 8.40. The van der Waals surface area contributed by atoms with Crippen LogP contribution < -0.4 is 0 Å². The summed E-state index contributed by atoms with van der Waals surface area (Å²) in [4.78, 5) is 10.1. The molecule has 0 aromatic heterocycles. The summed E-state index contributed by atoms with van der Waals surface area (Å²) in [5.74, 6) is 0. The van der Waals surface area contributed by atoms with Crippen molar-refractivity contribution in [3.63, 3.8) is 0 Å². The predicted molar refractivity (Wildman–Crippen MR) is 55.2 cm³/mol. The molecule has 0 aliphatic rings. The Hall–Kier alpha value is -1.16. The number of rotatable bonds is 3. The molecule has 68 valence electrons. The highest BCUT2D eigenvalue weighted by atomic mass is 79.9. The lowest BCUT2D eigenvalue weighted by molar-refractivity contribution is -0.421. The van der Waals surface area contributed by atoms with Crippen molar-refractivity contribution in [3.8, 4) is 0 Å². The molecule has 0 heterocycles. The van der Waals surface area contributed by atoms with Gasteiger partial charge in [-0.05, 0) is 5.56 Å². The third kappa shape index (κ3) is 2.99. The summed E-state index contributed by atoms with van der Waals surface area (Å²) in [6.07, 6.45) is 1.55. The Bertz CT molecular complexity index is 322. The molecule has 0 amide bonds. The highest BCUT2D eigenvalue weighted by molar-refractivity contribution is 9.09. The van der Waals surface area contributed by atoms with Crippen LogP contribution in [0.15, 0.2) is 36.0 Å². The van der Waals surface area contributed by atoms with Crippen LogP contribution in [0.2, 0.25) is 0 Å². The molecule has 1 aromatic rings. The van der Waals surface area contributed by atoms with Crippen molar-refractivity contribution in [2.24, 2.45) is 0 Å². The number of nitrogens with zero attached hydrogens (tertiary/aromatic N) is 1. The maximum Gasteiger partial charge on any atom is 0.257 e. The first-order valence-corrected chi connectivity index (χ1v) is 4.82. The molecule has 13 heavy (non-hydrogen) atoms. The zero-order valence-electron chi connectivity index (χ0n) is 6.81. The molecule has 0 aliphatic heterocycles. The Kier molecular flexibility index (Phi) is 3.64. The van der Waals surface area contributed by atoms with Gasteiger partial charge in [-0.15, -0.1) is 0 Å². The molecule has 0 spiro atoms. The zero-order chi connectivity index (χ0) is 9.68. The van der Waals surface area contributed by atoms with Crippen LogP contribution in [0.5, 0.6) is 0 Å². The lowest BCUT2D eigenvalue weighted by Crippen LogP contribution is -1.98. The Morgan fingerprint density at radius 3 is 2.54 bits per heavy atom. The van der Waals surface area contributed by atoms with Gasteiger partial charge in [0, 0.05) is 6.08 Å². The summed E-state index contributed by atoms with van der Waals surface area (Å²) in [5.41, 5.74) is 1.000. The van der Waals surface area contributed by atoms with Gasteiger partial charge in [-0.25, -0.2) is 0 Å². The summed E-state index contributed by atoms with van der Waals surface area (Å²) in [7, 11) is 0. The first-order valence-electron chi connectivity index (χ1n) is 3.70. The number of halogens is 1. The van der Waals surface area contributed by atoms with E-state index in [4.69, 9.17) is 0 Å². The largest absolute Gasteiger partial charge is 0.259 e. The summed E-state index contributed by atoms with van der Waals surface area (Å²) in [5, 5.41) is 10.7. The minimum Gasteiger partial charge on any atom is -0.259 e. The van der Waals surface area contributed by atoms with Gasteiger partial charge in [-0.2, -0.15) is 0 Å². The number of hydrogen-bond acceptors (Lipinski definition) is 2. The summed E-state index contributed by atoms with van der Waals surface area (Å²) in [6.45, 7) is 0. The third-order valence-corrected chi connectivity index (χ3v) is 2.08. The molecule has 0 bridgehead atoms. The van der Waals surface area contributed by atoms with E-state index in [1.807, 2.05) is 30.3 Å². The van der Waals surface area contributed by atoms with E-state index in [2.05, 4.69) is 15.9 Å². The van der Waals surface area contributed by atoms with Crippen molar-refractivity contribution < 1.29 is 4.92 Å². The van der Waals surface area contributed by atoms with Gasteiger partial charge in [-0.1, -0.05) is 46.3 Å². The number of alkyl halides is 1. The standard InChI is InChI=1S/C9H8BrNO2/c10-7-9(11(12)13)6-8-4-2-1-3-5-8/h1-6H,7H2/b9-6+. The van der Waals surface area contributed by atoms with Crippen LogP contribution in [0.3, 0.4) is 0 Å². The normalized spacial score (nSPS) is 11.3. The molecule has 1 rings (SSSR count). The molecule has 0 N–H and O–H groups in total. The molecular formula is C9H8BrNO2. The van der Waals surface area contributed by atoms with Crippen molar-refractivity contribution >= 4 is 22.0 Å². The number of allylic oxidation sites excluding steroid dienone is 1. The predicted octanol–water partition coefficient (Wildman–Crippen LogP) is 2.70. The Morgan fingerprint density at radius 1 is 1.46 bits per heavy atom. The van der Waals surface area contributed by atoms with Crippen LogP contribution >= 0.6 is 15.9 Å². The molecule has 0 saturated carbocycles. The molecule has 3 nitrogen and oxygen atoms in total. The average molecular weight is 242 g/mol. The molecule has 0 saturated heterocycles. The van der Waals surface area contributed by atoms with E-state index in [0.717, 1.165) is 5.56 Å². The van der Waals surface area contributed by atoms with Gasteiger partial charge < -0.3 is 0 Å². The minimum absolute atomic E-state index is 0.159. The second-order valence-electron chi connectivity index (χ2n) is 2.44. The first-order chi connectivity index (χ1) is 6.24. The monoisotopic (exact) mass is 241 g/mol. The fraction of sp³-hybridized carbons (Fsp3) is 0.111. The fourth-order valence-electron chi connectivity index (χ4n) is 0.882. The van der Waals surface area contributed by atoms with E-state index in [0.29, 0.717) is 0 Å². The maximum atomic E-state index is 10.4. The SMILES string of the molecule is O=[N+]([O-])/C(=C/c1ccccc1)CBr. The molecule has 0 fully saturated rings. The van der Waals surface area contributed by atoms with Crippen LogP contribution in [0.1, 0.15) is 5.56 Å². The summed E-state index contributed by atoms with van der Waals surface area (Å²) < 4.78 is 0. The second-order valence-corrected chi connectivity index (χ2v) is 3.00. The fourth-order valence-corrected chi connectivity index (χ4v) is 1.25. The van der Waals surface area contributed by atoms with Gasteiger partial charge in [0.25, 0.3) is 5.70 Å². The summed E-state index contributed by atoms with van der Waals surface area (Å²) in [6, 6.07) is 9.21. The third-order valence-electron chi connectivity index (χ3n) is 1.50. The summed E-state index contributed by atoms with van der Waals surface area (Å²) >= 11 is 3.06. The molecule has 1 aromatic carbocycles. The van der Waals surface area contributed by atoms with Crippen LogP contribution in [0.25, 0.3) is 6.08 Å². The van der Waals surface area contributed by atoms with Crippen LogP contribution in [-0.2, 0) is 0 Å². The quantitative estimate of drug-likeness (QED) is 0.464. The topological polar surface area (TPSA) is 43.1 Å². The first kappa shape index (κ1) is 9.92. The van der Waals surface area contributed by atoms with Gasteiger partial charge in [0.1, 0.15) is 0 Å². The van der Waals surface area contributed by atoms with E-state index in [9.17, 15) is 10.1 Å². The van der Waals surface area contributed by atoms with E-state index in [-0.39, 0.29) is 16.0 Å². The van der Waals surface area contributed by atoms with Crippen molar-refractivity contribution in [1.82, 2.24) is 0 Å². The van der Waals surface area contributed by atoms with E-state index in [1.54, 1.807) is 6.08 Å². The Labute approximate surface area is 84.4 Å². The number of benzene rings is 1. The van der Waals surface area contributed by atoms with E-state index >= 15 is 0 Å². The van der Waals surface area contributed by atoms with Crippen molar-refractivity contribution in [2.75, 3.05) is 5.33 Å². The minimum atomic E-state index is -0.387. The van der Waals surface area contributed by atoms with Crippen molar-refractivity contribution in [3.05, 3.63) is 51.7 Å². The molecule has 4 heteroatoms. The lowest BCUT2D eigenvalue weighted by atomic mass is 10.2. The lowest BCUT2D eigenvalue weighted by Gasteiger charge is -1.93. The number of nitro groups is 1. The Balaban J connectivity index is 2.92. The molecular weight excluding hydrogens is 234 g/mol. The van der Waals surface area contributed by atoms with Crippen LogP contribution in [0.4, 0.5) is 0 Å². The van der Waals surface area contributed by atoms with Crippen LogP contribution in [-0.4, -0.2) is 10.3 Å². The van der Waals surface area contributed by atoms with Gasteiger partial charge in [0.15, 0.2) is 0 Å². The van der Waals surface area contributed by atoms with Gasteiger partial charge in [0.2, 0.25) is 0 Å². The van der Waals surface area contributed by atoms with Gasteiger partial charge in [0.05, 0.1) is 10.3 Å². The van der Waals surface area contributed by atoms with E-state index < -0.39 is 0 Å². The highest BCUT2D eigenvalue weighted by Crippen LogP contribution is 2.08. The molecule has 0 atom stereocenters. The molecule has 0 radical (unpaired) electrons. The second kappa shape index (κ2) is 4.77. The van der Waals surface area contributed by atoms with E-state index in [1.165, 1.54) is 0 Å². The van der Waals surface area contributed by atoms with Crippen molar-refractivity contribution in [1.29, 1.82) is 0 Å². The number of hydrogen-bond donors (Lipinski definition) is 0. The van der Waals surface area contributed by atoms with Crippen molar-refractivity contribution in [2.45, 2.75) is 0 Å². The average Bonchev–Trinajstić information content (AvgIpc) is 2.15. The molecule has 0 unspecified atom stereocenters. The maximum absolute atomic E-state index is 10.4. The van der Waals surface area contributed by atoms with Gasteiger partial charge in [-0.3, -0.25) is 10.1 Å². The highest BCUT2D eigenvalue weighted by Gasteiger charge is 2.07. The molecule has 0 aliphatic carbocycles. The van der Waals surface area contributed by atoms with Crippen LogP contribution in [0, 0.1) is 10.1 Å². The van der Waals surface area contributed by atoms with Gasteiger partial charge >= 0.3 is 0 Å².